The van der Waals surface area contributed by atoms with Crippen molar-refractivity contribution in [3.05, 3.63) is 83.4 Å². The second-order valence-corrected chi connectivity index (χ2v) is 14.0. The maximum atomic E-state index is 13.4. The Kier molecular flexibility index (Phi) is 7.53. The number of ether oxygens (including phenoxy) is 2. The highest BCUT2D eigenvalue weighted by Crippen LogP contribution is 2.60. The zero-order valence-electron chi connectivity index (χ0n) is 24.4. The summed E-state index contributed by atoms with van der Waals surface area (Å²) >= 11 is 0. The van der Waals surface area contributed by atoms with Crippen LogP contribution in [0.4, 0.5) is 5.69 Å². The molecule has 0 amide bonds. The molecule has 218 valence electrons. The van der Waals surface area contributed by atoms with Gasteiger partial charge in [0, 0.05) is 17.8 Å². The molecule has 0 spiro atoms. The summed E-state index contributed by atoms with van der Waals surface area (Å²) in [6, 6.07) is 21.5. The SMILES string of the molecule is COc1cccc(N[C@H]2C[C@@H](OS(=O)(=O)c3ccc(C)cc3)C[C@H]3[C@@H]4CCc5cc(OC)ccc5[C@H]4CC[C@]23C)c1. The van der Waals surface area contributed by atoms with Crippen LogP contribution >= 0.6 is 0 Å². The van der Waals surface area contributed by atoms with Crippen LogP contribution in [0.2, 0.25) is 0 Å². The van der Waals surface area contributed by atoms with Crippen LogP contribution in [0, 0.1) is 24.2 Å². The van der Waals surface area contributed by atoms with Crippen molar-refractivity contribution in [2.24, 2.45) is 17.3 Å². The van der Waals surface area contributed by atoms with Crippen molar-refractivity contribution >= 4 is 15.8 Å². The Hall–Kier alpha value is -3.03. The molecule has 7 heteroatoms. The minimum Gasteiger partial charge on any atom is -0.497 e. The van der Waals surface area contributed by atoms with Gasteiger partial charge in [-0.15, -0.1) is 0 Å². The number of methoxy groups -OCH3 is 2. The third kappa shape index (κ3) is 5.35. The molecule has 0 unspecified atom stereocenters. The Morgan fingerprint density at radius 2 is 1.66 bits per heavy atom. The summed E-state index contributed by atoms with van der Waals surface area (Å²) in [6.07, 6.45) is 5.27. The molecule has 3 aromatic carbocycles. The van der Waals surface area contributed by atoms with Gasteiger partial charge in [0.05, 0.1) is 25.2 Å². The van der Waals surface area contributed by atoms with E-state index in [1.807, 2.05) is 37.3 Å². The lowest BCUT2D eigenvalue weighted by Crippen LogP contribution is -2.57. The molecule has 0 radical (unpaired) electrons. The number of anilines is 1. The van der Waals surface area contributed by atoms with Crippen molar-refractivity contribution < 1.29 is 22.1 Å². The number of rotatable bonds is 7. The van der Waals surface area contributed by atoms with Crippen LogP contribution in [0.25, 0.3) is 0 Å². The Balaban J connectivity index is 1.33. The van der Waals surface area contributed by atoms with Crippen LogP contribution in [-0.2, 0) is 20.7 Å². The summed E-state index contributed by atoms with van der Waals surface area (Å²) in [5.74, 6) is 2.97. The van der Waals surface area contributed by atoms with Crippen LogP contribution in [-0.4, -0.2) is 34.8 Å². The largest absolute Gasteiger partial charge is 0.497 e. The number of benzene rings is 3. The first-order chi connectivity index (χ1) is 19.7. The van der Waals surface area contributed by atoms with Crippen LogP contribution in [0.5, 0.6) is 11.5 Å². The smallest absolute Gasteiger partial charge is 0.297 e. The molecule has 3 aliphatic carbocycles. The van der Waals surface area contributed by atoms with Crippen molar-refractivity contribution in [2.75, 3.05) is 19.5 Å². The van der Waals surface area contributed by atoms with Crippen molar-refractivity contribution in [2.45, 2.75) is 75.3 Å². The van der Waals surface area contributed by atoms with Gasteiger partial charge < -0.3 is 14.8 Å². The average Bonchev–Trinajstić information content (AvgIpc) is 2.97. The summed E-state index contributed by atoms with van der Waals surface area (Å²) in [7, 11) is -0.489. The maximum Gasteiger partial charge on any atom is 0.297 e. The first-order valence-electron chi connectivity index (χ1n) is 14.8. The molecule has 3 aromatic rings. The Morgan fingerprint density at radius 1 is 0.902 bits per heavy atom. The first-order valence-corrected chi connectivity index (χ1v) is 16.2. The average molecular weight is 576 g/mol. The highest BCUT2D eigenvalue weighted by Gasteiger charge is 2.55. The van der Waals surface area contributed by atoms with Crippen molar-refractivity contribution in [1.82, 2.24) is 0 Å². The second-order valence-electron chi connectivity index (χ2n) is 12.4. The van der Waals surface area contributed by atoms with E-state index in [-0.39, 0.29) is 16.4 Å². The summed E-state index contributed by atoms with van der Waals surface area (Å²) in [5.41, 5.74) is 4.84. The van der Waals surface area contributed by atoms with Crippen LogP contribution in [0.1, 0.15) is 61.6 Å². The Labute approximate surface area is 244 Å². The highest BCUT2D eigenvalue weighted by atomic mass is 32.2. The van der Waals surface area contributed by atoms with E-state index in [1.54, 1.807) is 26.4 Å². The fraction of sp³-hybridized carbons (Fsp3) is 0.471. The molecule has 0 heterocycles. The molecule has 6 nitrogen and oxygen atoms in total. The lowest BCUT2D eigenvalue weighted by Gasteiger charge is -2.58. The molecule has 41 heavy (non-hydrogen) atoms. The third-order valence-electron chi connectivity index (χ3n) is 10.2. The van der Waals surface area contributed by atoms with Gasteiger partial charge in [-0.2, -0.15) is 8.42 Å². The molecule has 0 bridgehead atoms. The van der Waals surface area contributed by atoms with Crippen molar-refractivity contribution in [3.63, 3.8) is 0 Å². The number of hydrogen-bond donors (Lipinski definition) is 1. The fourth-order valence-corrected chi connectivity index (χ4v) is 9.07. The minimum atomic E-state index is -3.89. The molecule has 0 saturated heterocycles. The number of aryl methyl sites for hydroxylation is 2. The predicted octanol–water partition coefficient (Wildman–Crippen LogP) is 7.12. The summed E-state index contributed by atoms with van der Waals surface area (Å²) in [4.78, 5) is 0.218. The van der Waals surface area contributed by atoms with E-state index in [0.29, 0.717) is 24.2 Å². The van der Waals surface area contributed by atoms with Gasteiger partial charge in [0.1, 0.15) is 11.5 Å². The van der Waals surface area contributed by atoms with E-state index in [0.717, 1.165) is 54.9 Å². The fourth-order valence-electron chi connectivity index (χ4n) is 7.98. The lowest BCUT2D eigenvalue weighted by molar-refractivity contribution is -0.0517. The van der Waals surface area contributed by atoms with Crippen molar-refractivity contribution in [1.29, 1.82) is 0 Å². The van der Waals surface area contributed by atoms with Gasteiger partial charge >= 0.3 is 0 Å². The number of hydrogen-bond acceptors (Lipinski definition) is 6. The summed E-state index contributed by atoms with van der Waals surface area (Å²) < 4.78 is 44.0. The molecular weight excluding hydrogens is 534 g/mol. The van der Waals surface area contributed by atoms with Gasteiger partial charge in [0.25, 0.3) is 10.1 Å². The normalized spacial score (nSPS) is 29.0. The van der Waals surface area contributed by atoms with E-state index < -0.39 is 16.2 Å². The summed E-state index contributed by atoms with van der Waals surface area (Å²) in [6.45, 7) is 4.37. The van der Waals surface area contributed by atoms with Gasteiger partial charge in [-0.1, -0.05) is 36.8 Å². The van der Waals surface area contributed by atoms with Gasteiger partial charge in [0.2, 0.25) is 0 Å². The van der Waals surface area contributed by atoms with E-state index >= 15 is 0 Å². The molecule has 6 atom stereocenters. The Morgan fingerprint density at radius 3 is 2.41 bits per heavy atom. The van der Waals surface area contributed by atoms with Gasteiger partial charge in [-0.05, 0) is 116 Å². The number of fused-ring (bicyclic) bond motifs is 5. The van der Waals surface area contributed by atoms with E-state index in [9.17, 15) is 8.42 Å². The standard InChI is InChI=1S/C34H41NO5S/c1-22-8-12-28(13-9-22)41(36,37)40-27-20-32-31-14-10-23-18-26(39-4)11-15-29(23)30(31)16-17-34(32,2)33(21-27)35-24-6-5-7-25(19-24)38-3/h5-9,11-13,15,18-19,27,30-33,35H,10,14,16-17,20-21H2,1-4H3/t27-,30+,31+,32-,33-,34-/m0/s1. The molecule has 2 saturated carbocycles. The van der Waals surface area contributed by atoms with E-state index in [4.69, 9.17) is 13.7 Å². The third-order valence-corrected chi connectivity index (χ3v) is 11.5. The van der Waals surface area contributed by atoms with Gasteiger partial charge in [0.15, 0.2) is 0 Å². The van der Waals surface area contributed by atoms with Gasteiger partial charge in [-0.25, -0.2) is 0 Å². The monoisotopic (exact) mass is 575 g/mol. The quantitative estimate of drug-likeness (QED) is 0.302. The maximum absolute atomic E-state index is 13.4. The zero-order valence-corrected chi connectivity index (χ0v) is 25.2. The van der Waals surface area contributed by atoms with E-state index in [2.05, 4.69) is 36.5 Å². The van der Waals surface area contributed by atoms with E-state index in [1.165, 1.54) is 11.1 Å². The molecule has 0 aliphatic heterocycles. The predicted molar refractivity (Wildman–Crippen MR) is 161 cm³/mol. The lowest BCUT2D eigenvalue weighted by atomic mass is 9.49. The molecule has 3 aliphatic rings. The molecule has 6 rings (SSSR count). The van der Waals surface area contributed by atoms with Crippen LogP contribution in [0.15, 0.2) is 71.6 Å². The molecular formula is C34H41NO5S. The molecule has 2 fully saturated rings. The number of nitrogens with one attached hydrogen (secondary N) is 1. The summed E-state index contributed by atoms with van der Waals surface area (Å²) in [5, 5.41) is 3.82. The topological polar surface area (TPSA) is 73.9 Å². The molecule has 1 N–H and O–H groups in total. The van der Waals surface area contributed by atoms with Gasteiger partial charge in [-0.3, -0.25) is 4.18 Å². The van der Waals surface area contributed by atoms with Crippen LogP contribution in [0.3, 0.4) is 0 Å². The zero-order chi connectivity index (χ0) is 28.8. The Bertz CT molecular complexity index is 1500. The molecule has 0 aromatic heterocycles. The van der Waals surface area contributed by atoms with Crippen LogP contribution < -0.4 is 14.8 Å². The highest BCUT2D eigenvalue weighted by molar-refractivity contribution is 7.86. The second kappa shape index (κ2) is 11.0. The van der Waals surface area contributed by atoms with Crippen molar-refractivity contribution in [3.8, 4) is 11.5 Å². The minimum absolute atomic E-state index is 0.00168. The first kappa shape index (κ1) is 28.1.